The zero-order valence-corrected chi connectivity index (χ0v) is 14.5. The van der Waals surface area contributed by atoms with Crippen molar-refractivity contribution < 1.29 is 4.39 Å². The highest BCUT2D eigenvalue weighted by molar-refractivity contribution is 6.30. The summed E-state index contributed by atoms with van der Waals surface area (Å²) in [5.41, 5.74) is 2.77. The number of rotatable bonds is 4. The molecule has 0 aliphatic heterocycles. The van der Waals surface area contributed by atoms with Gasteiger partial charge in [-0.2, -0.15) is 5.10 Å². The Balaban J connectivity index is 1.70. The van der Waals surface area contributed by atoms with Crippen LogP contribution in [0.4, 0.5) is 15.9 Å². The number of fused-ring (bicyclic) bond motifs is 1. The van der Waals surface area contributed by atoms with Gasteiger partial charge in [-0.15, -0.1) is 5.10 Å². The fraction of sp³-hybridized carbons (Fsp3) is 0.0476. The van der Waals surface area contributed by atoms with Crippen molar-refractivity contribution in [2.24, 2.45) is 0 Å². The molecule has 1 N–H and O–H groups in total. The van der Waals surface area contributed by atoms with Gasteiger partial charge in [0.2, 0.25) is 0 Å². The van der Waals surface area contributed by atoms with E-state index in [1.54, 1.807) is 12.1 Å². The SMILES string of the molecule is Fc1ccc(Nc2nnc(Cc3ccc(Cl)cc3)c3ccccc23)cc1. The first kappa shape index (κ1) is 16.5. The van der Waals surface area contributed by atoms with Crippen molar-refractivity contribution in [1.29, 1.82) is 0 Å². The van der Waals surface area contributed by atoms with Crippen molar-refractivity contribution in [3.63, 3.8) is 0 Å². The molecule has 0 aliphatic carbocycles. The normalized spacial score (nSPS) is 10.8. The number of benzene rings is 3. The molecule has 0 atom stereocenters. The van der Waals surface area contributed by atoms with Gasteiger partial charge in [0, 0.05) is 27.9 Å². The molecule has 0 unspecified atom stereocenters. The zero-order valence-electron chi connectivity index (χ0n) is 13.8. The summed E-state index contributed by atoms with van der Waals surface area (Å²) in [6, 6.07) is 21.9. The molecule has 26 heavy (non-hydrogen) atoms. The predicted octanol–water partition coefficient (Wildman–Crippen LogP) is 5.76. The lowest BCUT2D eigenvalue weighted by Crippen LogP contribution is -2.02. The number of nitrogens with zero attached hydrogens (tertiary/aromatic N) is 2. The smallest absolute Gasteiger partial charge is 0.160 e. The summed E-state index contributed by atoms with van der Waals surface area (Å²) in [5.74, 6) is 0.372. The molecule has 4 rings (SSSR count). The van der Waals surface area contributed by atoms with Crippen LogP contribution in [-0.2, 0) is 6.42 Å². The molecule has 0 amide bonds. The summed E-state index contributed by atoms with van der Waals surface area (Å²) in [5, 5.41) is 14.7. The van der Waals surface area contributed by atoms with Gasteiger partial charge in [-0.3, -0.25) is 0 Å². The minimum atomic E-state index is -0.273. The van der Waals surface area contributed by atoms with E-state index in [1.807, 2.05) is 48.5 Å². The maximum absolute atomic E-state index is 13.1. The van der Waals surface area contributed by atoms with Gasteiger partial charge in [0.25, 0.3) is 0 Å². The van der Waals surface area contributed by atoms with Gasteiger partial charge in [0.1, 0.15) is 5.82 Å². The van der Waals surface area contributed by atoms with Crippen molar-refractivity contribution in [2.45, 2.75) is 6.42 Å². The van der Waals surface area contributed by atoms with E-state index < -0.39 is 0 Å². The Kier molecular flexibility index (Phi) is 4.50. The van der Waals surface area contributed by atoms with Crippen molar-refractivity contribution in [3.05, 3.63) is 94.9 Å². The van der Waals surface area contributed by atoms with Crippen LogP contribution < -0.4 is 5.32 Å². The Morgan fingerprint density at radius 2 is 1.50 bits per heavy atom. The summed E-state index contributed by atoms with van der Waals surface area (Å²) in [6.07, 6.45) is 0.668. The van der Waals surface area contributed by atoms with E-state index in [0.717, 1.165) is 27.7 Å². The first-order valence-corrected chi connectivity index (χ1v) is 8.58. The molecule has 1 heterocycles. The third kappa shape index (κ3) is 3.51. The van der Waals surface area contributed by atoms with Gasteiger partial charge in [0.05, 0.1) is 5.69 Å². The molecule has 4 aromatic rings. The summed E-state index contributed by atoms with van der Waals surface area (Å²) < 4.78 is 13.1. The second-order valence-corrected chi connectivity index (χ2v) is 6.41. The van der Waals surface area contributed by atoms with E-state index in [9.17, 15) is 4.39 Å². The molecule has 0 saturated carbocycles. The van der Waals surface area contributed by atoms with Crippen LogP contribution in [0.1, 0.15) is 11.3 Å². The summed E-state index contributed by atoms with van der Waals surface area (Å²) in [4.78, 5) is 0. The first-order chi connectivity index (χ1) is 12.7. The minimum absolute atomic E-state index is 0.273. The van der Waals surface area contributed by atoms with Gasteiger partial charge in [-0.1, -0.05) is 48.0 Å². The maximum Gasteiger partial charge on any atom is 0.160 e. The predicted molar refractivity (Wildman–Crippen MR) is 103 cm³/mol. The molecule has 5 heteroatoms. The molecule has 0 saturated heterocycles. The molecule has 1 aromatic heterocycles. The third-order valence-electron chi connectivity index (χ3n) is 4.16. The summed E-state index contributed by atoms with van der Waals surface area (Å²) in [6.45, 7) is 0. The molecule has 0 spiro atoms. The van der Waals surface area contributed by atoms with Gasteiger partial charge >= 0.3 is 0 Å². The quantitative estimate of drug-likeness (QED) is 0.501. The average Bonchev–Trinajstić information content (AvgIpc) is 2.67. The van der Waals surface area contributed by atoms with E-state index in [0.29, 0.717) is 17.3 Å². The molecule has 0 radical (unpaired) electrons. The molecule has 3 nitrogen and oxygen atoms in total. The van der Waals surface area contributed by atoms with Crippen molar-refractivity contribution >= 4 is 33.9 Å². The molecule has 0 fully saturated rings. The standard InChI is InChI=1S/C21H15ClFN3/c22-15-7-5-14(6-8-15)13-20-18-3-1-2-4-19(18)21(26-25-20)24-17-11-9-16(23)10-12-17/h1-12H,13H2,(H,24,26). The summed E-state index contributed by atoms with van der Waals surface area (Å²) in [7, 11) is 0. The van der Waals surface area contributed by atoms with Crippen LogP contribution >= 0.6 is 11.6 Å². The highest BCUT2D eigenvalue weighted by Crippen LogP contribution is 2.27. The molecular formula is C21H15ClFN3. The van der Waals surface area contributed by atoms with Gasteiger partial charge in [-0.05, 0) is 42.0 Å². The molecule has 0 aliphatic rings. The molecular weight excluding hydrogens is 349 g/mol. The zero-order chi connectivity index (χ0) is 17.9. The number of anilines is 2. The monoisotopic (exact) mass is 363 g/mol. The van der Waals surface area contributed by atoms with Gasteiger partial charge < -0.3 is 5.32 Å². The van der Waals surface area contributed by atoms with Crippen LogP contribution in [0, 0.1) is 5.82 Å². The fourth-order valence-electron chi connectivity index (χ4n) is 2.85. The van der Waals surface area contributed by atoms with E-state index in [1.165, 1.54) is 12.1 Å². The van der Waals surface area contributed by atoms with Crippen LogP contribution in [0.3, 0.4) is 0 Å². The van der Waals surface area contributed by atoms with Crippen molar-refractivity contribution in [2.75, 3.05) is 5.32 Å². The lowest BCUT2D eigenvalue weighted by molar-refractivity contribution is 0.628. The van der Waals surface area contributed by atoms with E-state index in [-0.39, 0.29) is 5.82 Å². The van der Waals surface area contributed by atoms with E-state index >= 15 is 0 Å². The van der Waals surface area contributed by atoms with Crippen molar-refractivity contribution in [1.82, 2.24) is 10.2 Å². The van der Waals surface area contributed by atoms with Crippen LogP contribution in [0.5, 0.6) is 0 Å². The van der Waals surface area contributed by atoms with E-state index in [4.69, 9.17) is 11.6 Å². The van der Waals surface area contributed by atoms with Gasteiger partial charge in [-0.25, -0.2) is 4.39 Å². The van der Waals surface area contributed by atoms with E-state index in [2.05, 4.69) is 15.5 Å². The fourth-order valence-corrected chi connectivity index (χ4v) is 2.97. The maximum atomic E-state index is 13.1. The average molecular weight is 364 g/mol. The Labute approximate surface area is 155 Å². The second kappa shape index (κ2) is 7.10. The third-order valence-corrected chi connectivity index (χ3v) is 4.41. The van der Waals surface area contributed by atoms with Crippen molar-refractivity contribution in [3.8, 4) is 0 Å². The molecule has 0 bridgehead atoms. The number of aromatic nitrogens is 2. The number of hydrogen-bond donors (Lipinski definition) is 1. The van der Waals surface area contributed by atoms with Crippen LogP contribution in [0.25, 0.3) is 10.8 Å². The second-order valence-electron chi connectivity index (χ2n) is 5.98. The highest BCUT2D eigenvalue weighted by Gasteiger charge is 2.10. The Morgan fingerprint density at radius 3 is 2.23 bits per heavy atom. The van der Waals surface area contributed by atoms with Gasteiger partial charge in [0.15, 0.2) is 5.82 Å². The first-order valence-electron chi connectivity index (χ1n) is 8.20. The number of halogens is 2. The Bertz CT molecular complexity index is 961. The topological polar surface area (TPSA) is 37.8 Å². The van der Waals surface area contributed by atoms with Crippen LogP contribution in [0.15, 0.2) is 72.8 Å². The number of hydrogen-bond acceptors (Lipinski definition) is 3. The minimum Gasteiger partial charge on any atom is -0.338 e. The lowest BCUT2D eigenvalue weighted by atomic mass is 10.0. The van der Waals surface area contributed by atoms with Crippen LogP contribution in [0.2, 0.25) is 5.02 Å². The largest absolute Gasteiger partial charge is 0.338 e. The Morgan fingerprint density at radius 1 is 0.808 bits per heavy atom. The Hall–Kier alpha value is -2.98. The summed E-state index contributed by atoms with van der Waals surface area (Å²) >= 11 is 5.96. The lowest BCUT2D eigenvalue weighted by Gasteiger charge is -2.11. The molecule has 3 aromatic carbocycles. The number of nitrogens with one attached hydrogen (secondary N) is 1. The highest BCUT2D eigenvalue weighted by atomic mass is 35.5. The molecule has 128 valence electrons. The van der Waals surface area contributed by atoms with Crippen LogP contribution in [-0.4, -0.2) is 10.2 Å².